The summed E-state index contributed by atoms with van der Waals surface area (Å²) in [5.74, 6) is -2.18. The predicted octanol–water partition coefficient (Wildman–Crippen LogP) is 4.71. The molecule has 2 aromatic rings. The maximum atomic E-state index is 13.2. The molecule has 0 aliphatic rings. The number of nitrogens with one attached hydrogen (secondary N) is 1. The SMILES string of the molecule is CC(NC(=O)c1ccc(I)c(Cl)c1)c1ccc(F)c(F)c1. The van der Waals surface area contributed by atoms with Crippen molar-refractivity contribution in [1.82, 2.24) is 5.32 Å². The summed E-state index contributed by atoms with van der Waals surface area (Å²) in [5.41, 5.74) is 0.897. The van der Waals surface area contributed by atoms with Gasteiger partial charge in [-0.15, -0.1) is 0 Å². The molecule has 1 amide bonds. The standard InChI is InChI=1S/C15H11ClF2INO/c1-8(9-2-4-12(17)13(18)7-9)20-15(21)10-3-5-14(19)11(16)6-10/h2-8H,1H3,(H,20,21). The Labute approximate surface area is 139 Å². The third-order valence-corrected chi connectivity index (χ3v) is 4.55. The maximum absolute atomic E-state index is 13.2. The molecule has 1 unspecified atom stereocenters. The largest absolute Gasteiger partial charge is 0.346 e. The molecule has 0 spiro atoms. The molecule has 1 atom stereocenters. The van der Waals surface area contributed by atoms with Crippen molar-refractivity contribution in [3.63, 3.8) is 0 Å². The minimum Gasteiger partial charge on any atom is -0.346 e. The number of halogens is 4. The van der Waals surface area contributed by atoms with Crippen LogP contribution in [0.25, 0.3) is 0 Å². The molecule has 1 N–H and O–H groups in total. The molecular weight excluding hydrogens is 411 g/mol. The molecule has 0 saturated heterocycles. The Morgan fingerprint density at radius 3 is 2.52 bits per heavy atom. The summed E-state index contributed by atoms with van der Waals surface area (Å²) in [6, 6.07) is 8.05. The molecule has 0 aliphatic carbocycles. The first-order valence-electron chi connectivity index (χ1n) is 6.09. The number of rotatable bonds is 3. The van der Waals surface area contributed by atoms with Gasteiger partial charge in [0.05, 0.1) is 11.1 Å². The first-order valence-corrected chi connectivity index (χ1v) is 7.55. The van der Waals surface area contributed by atoms with Crippen LogP contribution in [0.2, 0.25) is 5.02 Å². The van der Waals surface area contributed by atoms with Crippen molar-refractivity contribution in [3.8, 4) is 0 Å². The van der Waals surface area contributed by atoms with Gasteiger partial charge in [0, 0.05) is 9.13 Å². The smallest absolute Gasteiger partial charge is 0.251 e. The highest BCUT2D eigenvalue weighted by Gasteiger charge is 2.14. The predicted molar refractivity (Wildman–Crippen MR) is 86.4 cm³/mol. The quantitative estimate of drug-likeness (QED) is 0.714. The van der Waals surface area contributed by atoms with Crippen LogP contribution in [0.3, 0.4) is 0 Å². The lowest BCUT2D eigenvalue weighted by Gasteiger charge is -2.15. The zero-order valence-electron chi connectivity index (χ0n) is 11.0. The molecule has 2 rings (SSSR count). The number of hydrogen-bond donors (Lipinski definition) is 1. The van der Waals surface area contributed by atoms with Crippen LogP contribution < -0.4 is 5.32 Å². The molecule has 0 aromatic heterocycles. The van der Waals surface area contributed by atoms with E-state index in [4.69, 9.17) is 11.6 Å². The molecule has 0 bridgehead atoms. The Kier molecular flexibility index (Phi) is 5.16. The molecular formula is C15H11ClF2INO. The molecule has 0 radical (unpaired) electrons. The summed E-state index contributed by atoms with van der Waals surface area (Å²) < 4.78 is 26.9. The normalized spacial score (nSPS) is 12.0. The Morgan fingerprint density at radius 2 is 1.90 bits per heavy atom. The Hall–Kier alpha value is -1.21. The molecule has 0 saturated carbocycles. The highest BCUT2D eigenvalue weighted by atomic mass is 127. The fourth-order valence-corrected chi connectivity index (χ4v) is 2.30. The summed E-state index contributed by atoms with van der Waals surface area (Å²) in [6.45, 7) is 1.69. The topological polar surface area (TPSA) is 29.1 Å². The summed E-state index contributed by atoms with van der Waals surface area (Å²) in [5, 5.41) is 3.21. The van der Waals surface area contributed by atoms with Gasteiger partial charge >= 0.3 is 0 Å². The lowest BCUT2D eigenvalue weighted by atomic mass is 10.1. The molecule has 110 valence electrons. The second-order valence-electron chi connectivity index (χ2n) is 4.50. The minimum absolute atomic E-state index is 0.328. The molecule has 2 nitrogen and oxygen atoms in total. The van der Waals surface area contributed by atoms with Crippen LogP contribution in [0.4, 0.5) is 8.78 Å². The summed E-state index contributed by atoms with van der Waals surface area (Å²) in [7, 11) is 0. The van der Waals surface area contributed by atoms with Gasteiger partial charge in [-0.1, -0.05) is 17.7 Å². The first kappa shape index (κ1) is 16.2. The van der Waals surface area contributed by atoms with Gasteiger partial charge in [0.1, 0.15) is 0 Å². The molecule has 0 heterocycles. The number of carbonyl (C=O) groups excluding carboxylic acids is 1. The van der Waals surface area contributed by atoms with Crippen molar-refractivity contribution in [3.05, 3.63) is 67.8 Å². The van der Waals surface area contributed by atoms with Crippen LogP contribution in [0.1, 0.15) is 28.9 Å². The van der Waals surface area contributed by atoms with Crippen molar-refractivity contribution >= 4 is 40.1 Å². The van der Waals surface area contributed by atoms with E-state index in [2.05, 4.69) is 27.9 Å². The van der Waals surface area contributed by atoms with Crippen LogP contribution in [0, 0.1) is 15.2 Å². The Bertz CT molecular complexity index is 693. The van der Waals surface area contributed by atoms with Gasteiger partial charge in [-0.2, -0.15) is 0 Å². The Balaban J connectivity index is 2.14. The van der Waals surface area contributed by atoms with Crippen LogP contribution in [-0.4, -0.2) is 5.91 Å². The van der Waals surface area contributed by atoms with Crippen LogP contribution in [0.15, 0.2) is 36.4 Å². The van der Waals surface area contributed by atoms with E-state index in [0.717, 1.165) is 15.7 Å². The monoisotopic (exact) mass is 421 g/mol. The van der Waals surface area contributed by atoms with Crippen molar-refractivity contribution in [2.45, 2.75) is 13.0 Å². The average molecular weight is 422 g/mol. The van der Waals surface area contributed by atoms with Gasteiger partial charge in [-0.05, 0) is 65.4 Å². The average Bonchev–Trinajstić information content (AvgIpc) is 2.44. The van der Waals surface area contributed by atoms with Crippen LogP contribution in [0.5, 0.6) is 0 Å². The minimum atomic E-state index is -0.939. The second-order valence-corrected chi connectivity index (χ2v) is 6.07. The highest BCUT2D eigenvalue weighted by molar-refractivity contribution is 14.1. The van der Waals surface area contributed by atoms with Crippen molar-refractivity contribution in [1.29, 1.82) is 0 Å². The van der Waals surface area contributed by atoms with E-state index in [9.17, 15) is 13.6 Å². The zero-order chi connectivity index (χ0) is 15.6. The van der Waals surface area contributed by atoms with Gasteiger partial charge < -0.3 is 5.32 Å². The second kappa shape index (κ2) is 6.70. The van der Waals surface area contributed by atoms with Gasteiger partial charge in [-0.25, -0.2) is 8.78 Å². The fourth-order valence-electron chi connectivity index (χ4n) is 1.78. The van der Waals surface area contributed by atoms with Gasteiger partial charge in [0.25, 0.3) is 5.91 Å². The lowest BCUT2D eigenvalue weighted by molar-refractivity contribution is 0.0940. The molecule has 0 fully saturated rings. The number of hydrogen-bond acceptors (Lipinski definition) is 1. The van der Waals surface area contributed by atoms with Crippen LogP contribution >= 0.6 is 34.2 Å². The zero-order valence-corrected chi connectivity index (χ0v) is 13.9. The van der Waals surface area contributed by atoms with E-state index < -0.39 is 17.7 Å². The third kappa shape index (κ3) is 3.91. The van der Waals surface area contributed by atoms with Crippen molar-refractivity contribution in [2.24, 2.45) is 0 Å². The lowest BCUT2D eigenvalue weighted by Crippen LogP contribution is -2.26. The summed E-state index contributed by atoms with van der Waals surface area (Å²) >= 11 is 8.04. The Morgan fingerprint density at radius 1 is 1.19 bits per heavy atom. The summed E-state index contributed by atoms with van der Waals surface area (Å²) in [6.07, 6.45) is 0. The number of benzene rings is 2. The van der Waals surface area contributed by atoms with E-state index in [-0.39, 0.29) is 5.91 Å². The first-order chi connectivity index (χ1) is 9.88. The van der Waals surface area contributed by atoms with Crippen molar-refractivity contribution < 1.29 is 13.6 Å². The van der Waals surface area contributed by atoms with Crippen LogP contribution in [-0.2, 0) is 0 Å². The van der Waals surface area contributed by atoms with E-state index in [1.807, 2.05) is 0 Å². The maximum Gasteiger partial charge on any atom is 0.251 e. The van der Waals surface area contributed by atoms with E-state index in [1.165, 1.54) is 6.07 Å². The van der Waals surface area contributed by atoms with E-state index in [0.29, 0.717) is 16.1 Å². The molecule has 2 aromatic carbocycles. The molecule has 21 heavy (non-hydrogen) atoms. The van der Waals surface area contributed by atoms with Gasteiger partial charge in [0.2, 0.25) is 0 Å². The fraction of sp³-hybridized carbons (Fsp3) is 0.133. The van der Waals surface area contributed by atoms with Crippen molar-refractivity contribution in [2.75, 3.05) is 0 Å². The molecule has 6 heteroatoms. The molecule has 0 aliphatic heterocycles. The number of carbonyl (C=O) groups is 1. The van der Waals surface area contributed by atoms with Gasteiger partial charge in [0.15, 0.2) is 11.6 Å². The summed E-state index contributed by atoms with van der Waals surface area (Å²) in [4.78, 5) is 12.1. The number of amides is 1. The third-order valence-electron chi connectivity index (χ3n) is 2.97. The van der Waals surface area contributed by atoms with E-state index >= 15 is 0 Å². The highest BCUT2D eigenvalue weighted by Crippen LogP contribution is 2.21. The van der Waals surface area contributed by atoms with Gasteiger partial charge in [-0.3, -0.25) is 4.79 Å². The van der Waals surface area contributed by atoms with E-state index in [1.54, 1.807) is 25.1 Å².